The monoisotopic (exact) mass is 409 g/mol. The Kier molecular flexibility index (Phi) is 6.02. The van der Waals surface area contributed by atoms with Crippen LogP contribution in [0, 0.1) is 29.6 Å². The normalized spacial score (nSPS) is 32.4. The lowest BCUT2D eigenvalue weighted by molar-refractivity contribution is -0.124. The molecule has 4 fully saturated rings. The average molecular weight is 410 g/mol. The predicted octanol–water partition coefficient (Wildman–Crippen LogP) is 4.66. The smallest absolute Gasteiger partial charge is 0.237 e. The second-order valence-corrected chi connectivity index (χ2v) is 11.3. The third kappa shape index (κ3) is 4.48. The Morgan fingerprint density at radius 2 is 1.89 bits per heavy atom. The fraction of sp³-hybridized carbons (Fsp3) is 0.682. The SMILES string of the molecule is C=C(F)/C=C\C=C(/C)S(=O)(=O)NC(C)(C)C(=O)CCC1C2CC3CC(C2)[C@H]1C3. The Morgan fingerprint density at radius 1 is 1.21 bits per heavy atom. The van der Waals surface area contributed by atoms with Crippen molar-refractivity contribution in [3.63, 3.8) is 0 Å². The summed E-state index contributed by atoms with van der Waals surface area (Å²) in [4.78, 5) is 12.8. The molecule has 4 bridgehead atoms. The molecule has 156 valence electrons. The molecule has 0 aromatic carbocycles. The van der Waals surface area contributed by atoms with Gasteiger partial charge in [-0.3, -0.25) is 4.79 Å². The number of rotatable bonds is 9. The summed E-state index contributed by atoms with van der Waals surface area (Å²) in [6.07, 6.45) is 10.3. The van der Waals surface area contributed by atoms with Crippen molar-refractivity contribution in [2.24, 2.45) is 29.6 Å². The van der Waals surface area contributed by atoms with E-state index in [0.717, 1.165) is 36.2 Å². The third-order valence-electron chi connectivity index (χ3n) is 7.07. The Bertz CT molecular complexity index is 808. The van der Waals surface area contributed by atoms with Crippen LogP contribution in [0.2, 0.25) is 0 Å². The van der Waals surface area contributed by atoms with Gasteiger partial charge in [-0.2, -0.15) is 4.72 Å². The number of carbonyl (C=O) groups excluding carboxylic acids is 1. The minimum absolute atomic E-state index is 0.0241. The molecule has 4 rings (SSSR count). The highest BCUT2D eigenvalue weighted by molar-refractivity contribution is 7.93. The highest BCUT2D eigenvalue weighted by Gasteiger charge is 2.53. The molecule has 4 aliphatic carbocycles. The van der Waals surface area contributed by atoms with Crippen LogP contribution >= 0.6 is 0 Å². The Balaban J connectivity index is 1.57. The molecular weight excluding hydrogens is 377 g/mol. The standard InChI is InChI=1S/C22H32FNO3S/c1-14(23)6-5-7-15(2)28(26,27)24-22(3,4)21(25)9-8-19-17-10-16-11-18(13-17)20(19)12-16/h5-7,16-20,24H,1,8-13H2,2-4H3/b6-5-,15-7+/t16?,17?,18?,19?,20-/m1/s1. The van der Waals surface area contributed by atoms with Gasteiger partial charge in [-0.15, -0.1) is 0 Å². The van der Waals surface area contributed by atoms with Crippen molar-refractivity contribution in [1.29, 1.82) is 0 Å². The number of allylic oxidation sites excluding steroid dienone is 5. The number of carbonyl (C=O) groups is 1. The van der Waals surface area contributed by atoms with E-state index in [-0.39, 0.29) is 10.7 Å². The van der Waals surface area contributed by atoms with E-state index in [9.17, 15) is 17.6 Å². The van der Waals surface area contributed by atoms with Gasteiger partial charge in [0, 0.05) is 6.42 Å². The van der Waals surface area contributed by atoms with Gasteiger partial charge in [0.2, 0.25) is 10.0 Å². The van der Waals surface area contributed by atoms with Crippen LogP contribution in [0.3, 0.4) is 0 Å². The number of nitrogens with one attached hydrogen (secondary N) is 1. The molecule has 0 aromatic rings. The van der Waals surface area contributed by atoms with Gasteiger partial charge in [-0.25, -0.2) is 12.8 Å². The molecule has 0 heterocycles. The zero-order chi connectivity index (χ0) is 20.7. The number of halogens is 1. The van der Waals surface area contributed by atoms with Crippen LogP contribution in [0.25, 0.3) is 0 Å². The molecule has 4 unspecified atom stereocenters. The summed E-state index contributed by atoms with van der Waals surface area (Å²) in [5, 5.41) is 0. The van der Waals surface area contributed by atoms with E-state index in [4.69, 9.17) is 0 Å². The zero-order valence-corrected chi connectivity index (χ0v) is 17.9. The van der Waals surface area contributed by atoms with Gasteiger partial charge < -0.3 is 0 Å². The highest BCUT2D eigenvalue weighted by atomic mass is 32.2. The third-order valence-corrected chi connectivity index (χ3v) is 8.83. The largest absolute Gasteiger partial charge is 0.298 e. The topological polar surface area (TPSA) is 63.2 Å². The van der Waals surface area contributed by atoms with Gasteiger partial charge in [0.05, 0.1) is 10.4 Å². The van der Waals surface area contributed by atoms with E-state index in [1.165, 1.54) is 44.8 Å². The second-order valence-electron chi connectivity index (χ2n) is 9.43. The van der Waals surface area contributed by atoms with Gasteiger partial charge >= 0.3 is 0 Å². The predicted molar refractivity (Wildman–Crippen MR) is 109 cm³/mol. The number of hydrogen-bond acceptors (Lipinski definition) is 3. The van der Waals surface area contributed by atoms with Gasteiger partial charge in [-0.05, 0) is 94.6 Å². The molecule has 0 radical (unpaired) electrons. The quantitative estimate of drug-likeness (QED) is 0.564. The highest BCUT2D eigenvalue weighted by Crippen LogP contribution is 2.62. The van der Waals surface area contributed by atoms with E-state index in [1.54, 1.807) is 13.8 Å². The first-order valence-electron chi connectivity index (χ1n) is 10.3. The van der Waals surface area contributed by atoms with E-state index in [2.05, 4.69) is 11.3 Å². The molecule has 6 heteroatoms. The van der Waals surface area contributed by atoms with Crippen molar-refractivity contribution >= 4 is 15.8 Å². The maximum absolute atomic E-state index is 12.8. The Morgan fingerprint density at radius 3 is 2.54 bits per heavy atom. The summed E-state index contributed by atoms with van der Waals surface area (Å²) in [6.45, 7) is 7.74. The van der Waals surface area contributed by atoms with Crippen molar-refractivity contribution in [3.05, 3.63) is 35.5 Å². The lowest BCUT2D eigenvalue weighted by Crippen LogP contribution is -2.49. The fourth-order valence-corrected chi connectivity index (χ4v) is 6.99. The average Bonchev–Trinajstić information content (AvgIpc) is 2.99. The molecule has 4 saturated carbocycles. The molecule has 4 aliphatic rings. The minimum atomic E-state index is -3.83. The molecule has 0 aromatic heterocycles. The van der Waals surface area contributed by atoms with Gasteiger partial charge in [0.15, 0.2) is 5.78 Å². The van der Waals surface area contributed by atoms with Crippen LogP contribution < -0.4 is 4.72 Å². The van der Waals surface area contributed by atoms with Crippen LogP contribution in [-0.2, 0) is 14.8 Å². The molecule has 0 amide bonds. The summed E-state index contributed by atoms with van der Waals surface area (Å²) in [5.74, 6) is 3.27. The molecule has 4 nitrogen and oxygen atoms in total. The lowest BCUT2D eigenvalue weighted by Gasteiger charge is -2.33. The zero-order valence-electron chi connectivity index (χ0n) is 17.1. The summed E-state index contributed by atoms with van der Waals surface area (Å²) in [6, 6.07) is 0. The molecule has 0 spiro atoms. The first kappa shape index (κ1) is 21.4. The van der Waals surface area contributed by atoms with Crippen molar-refractivity contribution < 1.29 is 17.6 Å². The van der Waals surface area contributed by atoms with Crippen molar-refractivity contribution in [2.75, 3.05) is 0 Å². The summed E-state index contributed by atoms with van der Waals surface area (Å²) >= 11 is 0. The molecule has 28 heavy (non-hydrogen) atoms. The summed E-state index contributed by atoms with van der Waals surface area (Å²) in [7, 11) is -3.83. The molecule has 0 saturated heterocycles. The van der Waals surface area contributed by atoms with Crippen molar-refractivity contribution in [1.82, 2.24) is 4.72 Å². The van der Waals surface area contributed by atoms with Crippen LogP contribution in [0.1, 0.15) is 59.3 Å². The van der Waals surface area contributed by atoms with Crippen LogP contribution in [-0.4, -0.2) is 19.7 Å². The van der Waals surface area contributed by atoms with Gasteiger partial charge in [-0.1, -0.05) is 12.7 Å². The van der Waals surface area contributed by atoms with Gasteiger partial charge in [0.25, 0.3) is 0 Å². The Labute approximate surface area is 168 Å². The van der Waals surface area contributed by atoms with Crippen molar-refractivity contribution in [3.8, 4) is 0 Å². The van der Waals surface area contributed by atoms with E-state index >= 15 is 0 Å². The van der Waals surface area contributed by atoms with E-state index in [0.29, 0.717) is 12.3 Å². The van der Waals surface area contributed by atoms with E-state index < -0.39 is 21.4 Å². The number of sulfonamides is 1. The van der Waals surface area contributed by atoms with Crippen LogP contribution in [0.5, 0.6) is 0 Å². The van der Waals surface area contributed by atoms with Gasteiger partial charge in [0.1, 0.15) is 5.83 Å². The first-order valence-corrected chi connectivity index (χ1v) is 11.7. The van der Waals surface area contributed by atoms with Crippen molar-refractivity contribution in [2.45, 2.75) is 64.8 Å². The summed E-state index contributed by atoms with van der Waals surface area (Å²) < 4.78 is 40.2. The van der Waals surface area contributed by atoms with E-state index in [1.807, 2.05) is 0 Å². The number of ketones is 1. The second kappa shape index (κ2) is 7.86. The lowest BCUT2D eigenvalue weighted by atomic mass is 9.73. The molecule has 1 N–H and O–H groups in total. The number of Topliss-reactive ketones (excluding diaryl/α,β-unsaturated/α-hetero) is 1. The van der Waals surface area contributed by atoms with Crippen LogP contribution in [0.15, 0.2) is 35.5 Å². The minimum Gasteiger partial charge on any atom is -0.298 e. The molecule has 5 atom stereocenters. The molecular formula is C22H32FNO3S. The Hall–Kier alpha value is -1.27. The summed E-state index contributed by atoms with van der Waals surface area (Å²) in [5.41, 5.74) is -1.17. The molecule has 0 aliphatic heterocycles. The maximum atomic E-state index is 12.8. The van der Waals surface area contributed by atoms with Crippen LogP contribution in [0.4, 0.5) is 4.39 Å². The number of hydrogen-bond donors (Lipinski definition) is 1. The first-order chi connectivity index (χ1) is 13.0. The maximum Gasteiger partial charge on any atom is 0.237 e. The fourth-order valence-electron chi connectivity index (χ4n) is 5.79.